The highest BCUT2D eigenvalue weighted by atomic mass is 31.2. The monoisotopic (exact) mass is 222 g/mol. The fourth-order valence-electron chi connectivity index (χ4n) is 0.373. The number of amidine groups is 1. The van der Waals surface area contributed by atoms with Gasteiger partial charge in [0.05, 0.1) is 0 Å². The van der Waals surface area contributed by atoms with Gasteiger partial charge >= 0.3 is 13.2 Å². The van der Waals surface area contributed by atoms with Gasteiger partial charge < -0.3 is 21.3 Å². The highest BCUT2D eigenvalue weighted by Crippen LogP contribution is 2.37. The van der Waals surface area contributed by atoms with E-state index in [1.54, 1.807) is 0 Å². The van der Waals surface area contributed by atoms with Crippen LogP contribution in [-0.2, 0) is 4.57 Å². The number of azide groups is 1. The molecule has 7 N–H and O–H groups in total. The number of hydrogen-bond acceptors (Lipinski definition) is 4. The average molecular weight is 222 g/mol. The summed E-state index contributed by atoms with van der Waals surface area (Å²) in [6.07, 6.45) is 0. The van der Waals surface area contributed by atoms with Crippen LogP contribution in [0.5, 0.6) is 0 Å². The lowest BCUT2D eigenvalue weighted by Gasteiger charge is -2.07. The number of guanidine groups is 1. The van der Waals surface area contributed by atoms with Gasteiger partial charge in [-0.2, -0.15) is 4.91 Å². The van der Waals surface area contributed by atoms with Crippen molar-refractivity contribution in [1.29, 1.82) is 5.41 Å². The molecule has 0 aromatic carbocycles. The molecule has 0 aromatic rings. The zero-order valence-electron chi connectivity index (χ0n) is 6.64. The largest absolute Gasteiger partial charge is 0.417 e. The molecule has 0 aromatic heterocycles. The predicted molar refractivity (Wildman–Crippen MR) is 46.6 cm³/mol. The van der Waals surface area contributed by atoms with Gasteiger partial charge in [-0.15, -0.1) is 5.53 Å². The zero-order chi connectivity index (χ0) is 11.4. The van der Waals surface area contributed by atoms with Crippen molar-refractivity contribution in [3.63, 3.8) is 0 Å². The smallest absolute Gasteiger partial charge is 0.367 e. The third kappa shape index (κ3) is 3.74. The second-order valence-corrected chi connectivity index (χ2v) is 3.37. The topological polar surface area (TPSA) is 198 Å². The van der Waals surface area contributed by atoms with Gasteiger partial charge in [-0.25, -0.2) is 4.57 Å². The van der Waals surface area contributed by atoms with E-state index in [4.69, 9.17) is 32.2 Å². The molecule has 0 saturated carbocycles. The summed E-state index contributed by atoms with van der Waals surface area (Å²) in [7, 11) is -4.87. The maximum Gasteiger partial charge on any atom is 0.417 e. The van der Waals surface area contributed by atoms with E-state index in [1.165, 1.54) is 0 Å². The lowest BCUT2D eigenvalue weighted by atomic mass is 11.1. The third-order valence-corrected chi connectivity index (χ3v) is 1.53. The summed E-state index contributed by atoms with van der Waals surface area (Å²) in [5.74, 6) is -0.615. The Morgan fingerprint density at radius 3 is 2.36 bits per heavy atom. The van der Waals surface area contributed by atoms with Gasteiger partial charge in [-0.3, -0.25) is 5.41 Å². The lowest BCUT2D eigenvalue weighted by molar-refractivity contribution is 0.373. The van der Waals surface area contributed by atoms with Crippen molar-refractivity contribution in [3.8, 4) is 0 Å². The van der Waals surface area contributed by atoms with E-state index < -0.39 is 19.1 Å². The quantitative estimate of drug-likeness (QED) is 0.0755. The number of hydrazone groups is 1. The first kappa shape index (κ1) is 12.2. The maximum absolute atomic E-state index is 10.5. The van der Waals surface area contributed by atoms with E-state index in [0.717, 1.165) is 0 Å². The molecular formula is C2H7N8O3P. The Morgan fingerprint density at radius 1 is 1.57 bits per heavy atom. The molecule has 0 spiro atoms. The number of rotatable bonds is 3. The second-order valence-electron chi connectivity index (χ2n) is 1.86. The van der Waals surface area contributed by atoms with Gasteiger partial charge in [0.25, 0.3) is 0 Å². The van der Waals surface area contributed by atoms with Crippen LogP contribution in [-0.4, -0.2) is 26.4 Å². The van der Waals surface area contributed by atoms with Gasteiger partial charge in [0.1, 0.15) is 0 Å². The molecule has 0 radical (unpaired) electrons. The standard InChI is InChI=1S/C2H7N8O3P/c3-1(4)7-10(9-8-6)2(5)14(11,12)13/h5H,(H4,3,4,7)(H2,11,12,13). The maximum atomic E-state index is 10.5. The molecule has 12 heteroatoms. The summed E-state index contributed by atoms with van der Waals surface area (Å²) >= 11 is 0. The van der Waals surface area contributed by atoms with Crippen molar-refractivity contribution in [2.75, 3.05) is 0 Å². The first-order valence-corrected chi connectivity index (χ1v) is 4.49. The molecule has 0 amide bonds. The highest BCUT2D eigenvalue weighted by Gasteiger charge is 2.32. The zero-order valence-corrected chi connectivity index (χ0v) is 7.54. The molecule has 0 atom stereocenters. The van der Waals surface area contributed by atoms with Crippen LogP contribution in [0.4, 0.5) is 0 Å². The molecule has 0 rings (SSSR count). The molecule has 14 heavy (non-hydrogen) atoms. The molecule has 0 aliphatic carbocycles. The number of nitrogens with one attached hydrogen (secondary N) is 1. The van der Waals surface area contributed by atoms with Gasteiger partial charge in [-0.1, -0.05) is 5.12 Å². The number of nitrogens with zero attached hydrogens (tertiary/aromatic N) is 5. The minimum atomic E-state index is -4.87. The fourth-order valence-corrected chi connectivity index (χ4v) is 0.691. The highest BCUT2D eigenvalue weighted by molar-refractivity contribution is 7.70. The van der Waals surface area contributed by atoms with E-state index in [0.29, 0.717) is 0 Å². The van der Waals surface area contributed by atoms with Crippen molar-refractivity contribution in [1.82, 2.24) is 5.12 Å². The Morgan fingerprint density at radius 2 is 2.07 bits per heavy atom. The Bertz CT molecular complexity index is 346. The van der Waals surface area contributed by atoms with Crippen molar-refractivity contribution in [2.45, 2.75) is 0 Å². The molecule has 0 aliphatic heterocycles. The van der Waals surface area contributed by atoms with Crippen LogP contribution in [0.25, 0.3) is 10.4 Å². The van der Waals surface area contributed by atoms with Crippen LogP contribution in [0.2, 0.25) is 0 Å². The minimum absolute atomic E-state index is 0.00386. The van der Waals surface area contributed by atoms with Crippen LogP contribution < -0.4 is 11.5 Å². The van der Waals surface area contributed by atoms with Crippen LogP contribution in [0.1, 0.15) is 0 Å². The van der Waals surface area contributed by atoms with Gasteiger partial charge in [0.15, 0.2) is 0 Å². The summed E-state index contributed by atoms with van der Waals surface area (Å²) < 4.78 is 10.5. The molecule has 0 unspecified atom stereocenters. The Kier molecular flexibility index (Phi) is 3.87. The Balaban J connectivity index is 5.05. The summed E-state index contributed by atoms with van der Waals surface area (Å²) in [4.78, 5) is 19.2. The molecule has 0 heterocycles. The Labute approximate surface area is 77.2 Å². The van der Waals surface area contributed by atoms with Crippen molar-refractivity contribution in [2.24, 2.45) is 21.8 Å². The normalized spacial score (nSPS) is 9.86. The molecule has 0 fully saturated rings. The third-order valence-electron chi connectivity index (χ3n) is 0.800. The molecule has 0 aliphatic rings. The van der Waals surface area contributed by atoms with Crippen LogP contribution >= 0.6 is 7.60 Å². The van der Waals surface area contributed by atoms with E-state index in [1.807, 2.05) is 0 Å². The summed E-state index contributed by atoms with van der Waals surface area (Å²) in [6, 6.07) is 0. The fraction of sp³-hybridized carbons (Fsp3) is 0. The van der Waals surface area contributed by atoms with Crippen molar-refractivity contribution < 1.29 is 14.4 Å². The summed E-state index contributed by atoms with van der Waals surface area (Å²) in [5.41, 5.74) is 16.4. The van der Waals surface area contributed by atoms with E-state index in [-0.39, 0.29) is 5.12 Å². The number of hydrogen-bond donors (Lipinski definition) is 5. The molecule has 0 saturated heterocycles. The van der Waals surface area contributed by atoms with Crippen molar-refractivity contribution >= 4 is 19.1 Å². The summed E-state index contributed by atoms with van der Waals surface area (Å²) in [5, 5.41) is 12.6. The lowest BCUT2D eigenvalue weighted by Crippen LogP contribution is -2.29. The summed E-state index contributed by atoms with van der Waals surface area (Å²) in [6.45, 7) is 0. The molecule has 0 bridgehead atoms. The van der Waals surface area contributed by atoms with Gasteiger partial charge in [0.2, 0.25) is 5.96 Å². The SMILES string of the molecule is [N-]=[N+]=NN(N=C(N)N)C(=N)P(=O)(O)O. The van der Waals surface area contributed by atoms with Crippen LogP contribution in [0, 0.1) is 5.41 Å². The molecular weight excluding hydrogens is 215 g/mol. The van der Waals surface area contributed by atoms with E-state index >= 15 is 0 Å². The average Bonchev–Trinajstić information content (AvgIpc) is 2.00. The second kappa shape index (κ2) is 4.44. The van der Waals surface area contributed by atoms with Crippen LogP contribution in [0.3, 0.4) is 0 Å². The first-order chi connectivity index (χ1) is 6.29. The Hall–Kier alpha value is -1.80. The van der Waals surface area contributed by atoms with Crippen LogP contribution in [0.15, 0.2) is 10.3 Å². The van der Waals surface area contributed by atoms with Crippen molar-refractivity contribution in [3.05, 3.63) is 10.4 Å². The first-order valence-electron chi connectivity index (χ1n) is 2.88. The van der Waals surface area contributed by atoms with Gasteiger partial charge in [-0.05, 0) is 5.10 Å². The van der Waals surface area contributed by atoms with E-state index in [2.05, 4.69) is 15.2 Å². The molecule has 78 valence electrons. The van der Waals surface area contributed by atoms with E-state index in [9.17, 15) is 4.57 Å². The van der Waals surface area contributed by atoms with Gasteiger partial charge in [0, 0.05) is 5.22 Å². The predicted octanol–water partition coefficient (Wildman–Crippen LogP) is -1.19. The minimum Gasteiger partial charge on any atom is -0.367 e. The number of nitrogens with two attached hydrogens (primary N) is 2. The molecule has 11 nitrogen and oxygen atoms in total.